The number of rotatable bonds is 14. The SMILES string of the molecule is C=CC[C@]1(C(=O)NNCCc2ccccc2F)N=C(c2ccc(OCCCO)cc2)O[C@H]1c1ccccc1N=[N+]=[N-]. The third kappa shape index (κ3) is 6.90. The molecule has 3 aromatic rings. The number of aliphatic hydroxyl groups is 1. The molecule has 11 heteroatoms. The normalized spacial score (nSPS) is 17.6. The zero-order chi connectivity index (χ0) is 29.1. The van der Waals surface area contributed by atoms with Gasteiger partial charge in [0.25, 0.3) is 5.91 Å². The molecular formula is C30H31FN6O4. The predicted octanol–water partition coefficient (Wildman–Crippen LogP) is 5.23. The Hall–Kier alpha value is -4.70. The summed E-state index contributed by atoms with van der Waals surface area (Å²) >= 11 is 0. The van der Waals surface area contributed by atoms with Crippen molar-refractivity contribution in [3.05, 3.63) is 118 Å². The van der Waals surface area contributed by atoms with E-state index in [2.05, 4.69) is 27.5 Å². The summed E-state index contributed by atoms with van der Waals surface area (Å²) in [5, 5.41) is 12.8. The van der Waals surface area contributed by atoms with Gasteiger partial charge < -0.3 is 14.6 Å². The minimum atomic E-state index is -1.50. The highest BCUT2D eigenvalue weighted by Gasteiger charge is 2.53. The Morgan fingerprint density at radius 2 is 1.95 bits per heavy atom. The number of hydrogen-bond donors (Lipinski definition) is 3. The molecule has 0 saturated carbocycles. The molecule has 0 aromatic heterocycles. The maximum absolute atomic E-state index is 14.0. The summed E-state index contributed by atoms with van der Waals surface area (Å²) in [6.45, 7) is 4.52. The number of hydrogen-bond acceptors (Lipinski definition) is 7. The van der Waals surface area contributed by atoms with Crippen molar-refractivity contribution in [2.24, 2.45) is 10.1 Å². The number of aliphatic hydroxyl groups excluding tert-OH is 1. The van der Waals surface area contributed by atoms with E-state index in [0.29, 0.717) is 47.6 Å². The first kappa shape index (κ1) is 29.3. The van der Waals surface area contributed by atoms with Crippen molar-refractivity contribution in [3.63, 3.8) is 0 Å². The number of carbonyl (C=O) groups is 1. The number of azide groups is 1. The fourth-order valence-corrected chi connectivity index (χ4v) is 4.51. The second-order valence-corrected chi connectivity index (χ2v) is 9.25. The van der Waals surface area contributed by atoms with E-state index in [1.165, 1.54) is 6.07 Å². The van der Waals surface area contributed by atoms with E-state index in [9.17, 15) is 9.18 Å². The molecule has 0 spiro atoms. The van der Waals surface area contributed by atoms with Gasteiger partial charge in [-0.25, -0.2) is 14.8 Å². The average Bonchev–Trinajstić information content (AvgIpc) is 3.37. The summed E-state index contributed by atoms with van der Waals surface area (Å²) in [6.07, 6.45) is 1.59. The Kier molecular flexibility index (Phi) is 10.1. The van der Waals surface area contributed by atoms with Crippen LogP contribution in [0.15, 0.2) is 95.6 Å². The van der Waals surface area contributed by atoms with Gasteiger partial charge in [0.2, 0.25) is 5.90 Å². The van der Waals surface area contributed by atoms with Gasteiger partial charge in [-0.3, -0.25) is 10.2 Å². The van der Waals surface area contributed by atoms with Gasteiger partial charge in [-0.15, -0.1) is 6.58 Å². The van der Waals surface area contributed by atoms with E-state index in [0.717, 1.165) is 0 Å². The second-order valence-electron chi connectivity index (χ2n) is 9.25. The van der Waals surface area contributed by atoms with Crippen molar-refractivity contribution in [1.29, 1.82) is 0 Å². The van der Waals surface area contributed by atoms with Crippen molar-refractivity contribution in [2.75, 3.05) is 19.8 Å². The van der Waals surface area contributed by atoms with Gasteiger partial charge in [-0.2, -0.15) is 0 Å². The van der Waals surface area contributed by atoms with E-state index in [4.69, 9.17) is 25.1 Å². The van der Waals surface area contributed by atoms with Crippen LogP contribution >= 0.6 is 0 Å². The largest absolute Gasteiger partial charge is 0.494 e. The number of amides is 1. The lowest BCUT2D eigenvalue weighted by atomic mass is 9.84. The number of hydrazine groups is 1. The van der Waals surface area contributed by atoms with Crippen LogP contribution in [0.3, 0.4) is 0 Å². The van der Waals surface area contributed by atoms with Crippen LogP contribution in [-0.4, -0.2) is 42.2 Å². The summed E-state index contributed by atoms with van der Waals surface area (Å²) < 4.78 is 26.0. The van der Waals surface area contributed by atoms with Gasteiger partial charge in [-0.05, 0) is 47.8 Å². The summed E-state index contributed by atoms with van der Waals surface area (Å²) in [5.41, 5.74) is 15.2. The first-order valence-corrected chi connectivity index (χ1v) is 13.1. The molecular weight excluding hydrogens is 527 g/mol. The van der Waals surface area contributed by atoms with Crippen molar-refractivity contribution >= 4 is 17.5 Å². The summed E-state index contributed by atoms with van der Waals surface area (Å²) in [7, 11) is 0. The number of halogens is 1. The van der Waals surface area contributed by atoms with Gasteiger partial charge >= 0.3 is 0 Å². The van der Waals surface area contributed by atoms with Crippen LogP contribution in [0, 0.1) is 5.82 Å². The molecule has 41 heavy (non-hydrogen) atoms. The molecule has 0 radical (unpaired) electrons. The molecule has 2 atom stereocenters. The van der Waals surface area contributed by atoms with Crippen LogP contribution in [0.25, 0.3) is 10.4 Å². The van der Waals surface area contributed by atoms with Crippen LogP contribution in [0.4, 0.5) is 10.1 Å². The Morgan fingerprint density at radius 1 is 1.20 bits per heavy atom. The second kappa shape index (κ2) is 14.1. The highest BCUT2D eigenvalue weighted by molar-refractivity contribution is 6.01. The molecule has 3 N–H and O–H groups in total. The zero-order valence-electron chi connectivity index (χ0n) is 22.4. The Morgan fingerprint density at radius 3 is 2.68 bits per heavy atom. The van der Waals surface area contributed by atoms with E-state index in [-0.39, 0.29) is 31.3 Å². The topological polar surface area (TPSA) is 141 Å². The highest BCUT2D eigenvalue weighted by Crippen LogP contribution is 2.45. The van der Waals surface area contributed by atoms with Crippen LogP contribution in [0.2, 0.25) is 0 Å². The number of aliphatic imine (C=N–C) groups is 1. The van der Waals surface area contributed by atoms with Crippen LogP contribution in [0.1, 0.15) is 35.6 Å². The van der Waals surface area contributed by atoms with E-state index in [1.54, 1.807) is 72.8 Å². The summed E-state index contributed by atoms with van der Waals surface area (Å²) in [4.78, 5) is 21.6. The molecule has 1 aliphatic rings. The molecule has 1 aliphatic heterocycles. The Bertz CT molecular complexity index is 1440. The molecule has 1 amide bonds. The van der Waals surface area contributed by atoms with E-state index in [1.807, 2.05) is 0 Å². The Balaban J connectivity index is 1.63. The van der Waals surface area contributed by atoms with Gasteiger partial charge in [0.15, 0.2) is 11.6 Å². The summed E-state index contributed by atoms with van der Waals surface area (Å²) in [5.74, 6) is 0.0172. The van der Waals surface area contributed by atoms with Gasteiger partial charge in [0.05, 0.1) is 6.61 Å². The molecule has 10 nitrogen and oxygen atoms in total. The van der Waals surface area contributed by atoms with Crippen LogP contribution in [0.5, 0.6) is 5.75 Å². The van der Waals surface area contributed by atoms with Crippen molar-refractivity contribution in [2.45, 2.75) is 30.9 Å². The number of carbonyl (C=O) groups excluding carboxylic acids is 1. The van der Waals surface area contributed by atoms with Crippen LogP contribution in [-0.2, 0) is 16.0 Å². The lowest BCUT2D eigenvalue weighted by molar-refractivity contribution is -0.129. The van der Waals surface area contributed by atoms with Gasteiger partial charge in [-0.1, -0.05) is 53.7 Å². The number of nitrogens with one attached hydrogen (secondary N) is 2. The summed E-state index contributed by atoms with van der Waals surface area (Å²) in [6, 6.07) is 20.3. The molecule has 0 saturated heterocycles. The number of ether oxygens (including phenoxy) is 2. The zero-order valence-corrected chi connectivity index (χ0v) is 22.4. The quantitative estimate of drug-likeness (QED) is 0.0621. The maximum atomic E-state index is 14.0. The van der Waals surface area contributed by atoms with Gasteiger partial charge in [0.1, 0.15) is 11.6 Å². The minimum absolute atomic E-state index is 0.0346. The van der Waals surface area contributed by atoms with E-state index < -0.39 is 17.6 Å². The van der Waals surface area contributed by atoms with Crippen molar-refractivity contribution in [3.8, 4) is 5.75 Å². The molecule has 0 bridgehead atoms. The van der Waals surface area contributed by atoms with Crippen molar-refractivity contribution < 1.29 is 23.8 Å². The lowest BCUT2D eigenvalue weighted by Gasteiger charge is -2.30. The van der Waals surface area contributed by atoms with Crippen LogP contribution < -0.4 is 15.6 Å². The number of nitrogens with zero attached hydrogens (tertiary/aromatic N) is 4. The first-order valence-electron chi connectivity index (χ1n) is 13.1. The molecule has 0 fully saturated rings. The first-order chi connectivity index (χ1) is 20.0. The standard InChI is InChI=1S/C30H31FN6O4/c1-2-17-30(29(39)36-33-18-16-21-8-3-5-10-25(21)31)27(24-9-4-6-11-26(24)35-37-32)41-28(34-30)22-12-14-23(15-13-22)40-20-7-19-38/h2-6,8-15,27,33,38H,1,7,16-20H2,(H,36,39)/t27-,30-/m0/s1. The lowest BCUT2D eigenvalue weighted by Crippen LogP contribution is -2.52. The Labute approximate surface area is 237 Å². The fourth-order valence-electron chi connectivity index (χ4n) is 4.51. The third-order valence-corrected chi connectivity index (χ3v) is 6.54. The third-order valence-electron chi connectivity index (χ3n) is 6.54. The number of benzene rings is 3. The monoisotopic (exact) mass is 558 g/mol. The fraction of sp³-hybridized carbons (Fsp3) is 0.267. The van der Waals surface area contributed by atoms with Gasteiger partial charge in [0, 0.05) is 47.7 Å². The smallest absolute Gasteiger partial charge is 0.266 e. The molecule has 3 aromatic carbocycles. The average molecular weight is 559 g/mol. The van der Waals surface area contributed by atoms with Crippen molar-refractivity contribution in [1.82, 2.24) is 10.9 Å². The highest BCUT2D eigenvalue weighted by atomic mass is 19.1. The molecule has 0 unspecified atom stereocenters. The molecule has 0 aliphatic carbocycles. The molecule has 212 valence electrons. The molecule has 1 heterocycles. The maximum Gasteiger partial charge on any atom is 0.266 e. The molecule has 4 rings (SSSR count). The predicted molar refractivity (Wildman–Crippen MR) is 153 cm³/mol. The minimum Gasteiger partial charge on any atom is -0.494 e. The van der Waals surface area contributed by atoms with E-state index >= 15 is 0 Å².